The van der Waals surface area contributed by atoms with Crippen LogP contribution in [0.5, 0.6) is 0 Å². The highest BCUT2D eigenvalue weighted by atomic mass is 16.5. The first-order valence-electron chi connectivity index (χ1n) is 10.7. The summed E-state index contributed by atoms with van der Waals surface area (Å²) in [7, 11) is 0. The molecule has 0 aromatic carbocycles. The Morgan fingerprint density at radius 1 is 1.12 bits per heavy atom. The fourth-order valence-electron chi connectivity index (χ4n) is 9.25. The smallest absolute Gasteiger partial charge is 0.116 e. The first-order chi connectivity index (χ1) is 12.0. The topological polar surface area (TPSA) is 32.7 Å². The number of aliphatic hydroxyl groups is 1. The molecule has 7 rings (SSSR count). The molecule has 5 saturated carbocycles. The maximum absolute atomic E-state index is 11.3. The van der Waals surface area contributed by atoms with Gasteiger partial charge in [0, 0.05) is 23.9 Å². The lowest BCUT2D eigenvalue weighted by Crippen LogP contribution is -2.72. The average molecular weight is 344 g/mol. The Balaban J connectivity index is 1.49. The van der Waals surface area contributed by atoms with Crippen molar-refractivity contribution in [1.82, 2.24) is 4.90 Å². The van der Waals surface area contributed by atoms with Crippen LogP contribution in [-0.2, 0) is 4.74 Å². The van der Waals surface area contributed by atoms with Crippen molar-refractivity contribution in [3.63, 3.8) is 0 Å². The van der Waals surface area contributed by atoms with Crippen LogP contribution in [0.4, 0.5) is 0 Å². The molecule has 4 unspecified atom stereocenters. The summed E-state index contributed by atoms with van der Waals surface area (Å²) in [6.45, 7) is 10.1. The molecule has 2 heterocycles. The molecule has 7 aliphatic rings. The number of fused-ring (bicyclic) bond motifs is 4. The Hall–Kier alpha value is -0.380. The zero-order valence-corrected chi connectivity index (χ0v) is 15.7. The maximum Gasteiger partial charge on any atom is 0.116 e. The zero-order chi connectivity index (χ0) is 17.0. The Morgan fingerprint density at radius 3 is 2.84 bits per heavy atom. The predicted molar refractivity (Wildman–Crippen MR) is 96.8 cm³/mol. The van der Waals surface area contributed by atoms with E-state index >= 15 is 0 Å². The van der Waals surface area contributed by atoms with E-state index < -0.39 is 0 Å². The third-order valence-electron chi connectivity index (χ3n) is 10.1. The summed E-state index contributed by atoms with van der Waals surface area (Å²) in [5.74, 6) is 2.08. The summed E-state index contributed by atoms with van der Waals surface area (Å²) in [5, 5.41) is 11.3. The molecule has 1 spiro atoms. The summed E-state index contributed by atoms with van der Waals surface area (Å²) >= 11 is 0. The van der Waals surface area contributed by atoms with Gasteiger partial charge in [-0.05, 0) is 73.7 Å². The highest BCUT2D eigenvalue weighted by Gasteiger charge is 2.71. The molecular formula is C22H33NO2. The molecule has 3 nitrogen and oxygen atoms in total. The number of ether oxygens (including phenoxy) is 1. The minimum atomic E-state index is -0.235. The van der Waals surface area contributed by atoms with Gasteiger partial charge in [-0.1, -0.05) is 19.9 Å². The minimum absolute atomic E-state index is 0.147. The molecule has 5 aliphatic carbocycles. The summed E-state index contributed by atoms with van der Waals surface area (Å²) < 4.78 is 6.29. The van der Waals surface area contributed by atoms with Gasteiger partial charge in [0.1, 0.15) is 6.23 Å². The SMILES string of the molecule is C=C1C2CC[C@@]3(CC[C@H]4C5(CCC[C@@]4(C)[C@H]4OCCN4C5)C3C2)C1O. The number of nitrogens with zero attached hydrogens (tertiary/aromatic N) is 1. The van der Waals surface area contributed by atoms with Gasteiger partial charge in [-0.25, -0.2) is 0 Å². The lowest BCUT2D eigenvalue weighted by molar-refractivity contribution is -0.273. The molecule has 3 heteroatoms. The highest BCUT2D eigenvalue weighted by Crippen LogP contribution is 2.74. The Morgan fingerprint density at radius 2 is 1.96 bits per heavy atom. The quantitative estimate of drug-likeness (QED) is 0.683. The van der Waals surface area contributed by atoms with E-state index in [4.69, 9.17) is 4.74 Å². The number of piperidine rings is 1. The van der Waals surface area contributed by atoms with E-state index in [1.54, 1.807) is 0 Å². The van der Waals surface area contributed by atoms with Crippen molar-refractivity contribution in [1.29, 1.82) is 0 Å². The molecule has 0 amide bonds. The average Bonchev–Trinajstić information content (AvgIpc) is 3.07. The van der Waals surface area contributed by atoms with Gasteiger partial charge < -0.3 is 9.84 Å². The molecular weight excluding hydrogens is 310 g/mol. The van der Waals surface area contributed by atoms with Gasteiger partial charge in [0.05, 0.1) is 12.7 Å². The number of aliphatic hydroxyl groups excluding tert-OH is 1. The van der Waals surface area contributed by atoms with Crippen LogP contribution in [0, 0.1) is 34.0 Å². The fourth-order valence-corrected chi connectivity index (χ4v) is 9.25. The van der Waals surface area contributed by atoms with Crippen molar-refractivity contribution in [3.05, 3.63) is 12.2 Å². The standard InChI is InChI=1S/C22H33NO2/c1-14-15-4-8-21(18(14)24)9-5-16-20(2)6-3-7-22(16,17(21)12-15)13-23-10-11-25-19(20)23/h15-19,24H,1,3-13H2,2H3/t15?,16-,17?,18?,19-,20-,21+,22?/m1/s1. The van der Waals surface area contributed by atoms with Crippen LogP contribution in [0.2, 0.25) is 0 Å². The Labute approximate surface area is 151 Å². The minimum Gasteiger partial charge on any atom is -0.388 e. The number of hydrogen-bond donors (Lipinski definition) is 1. The van der Waals surface area contributed by atoms with Gasteiger partial charge in [-0.2, -0.15) is 0 Å². The molecule has 7 fully saturated rings. The largest absolute Gasteiger partial charge is 0.388 e. The third kappa shape index (κ3) is 1.62. The number of rotatable bonds is 0. The van der Waals surface area contributed by atoms with Crippen molar-refractivity contribution in [3.8, 4) is 0 Å². The predicted octanol–water partition coefficient (Wildman–Crippen LogP) is 3.58. The lowest BCUT2D eigenvalue weighted by atomic mass is 9.34. The molecule has 138 valence electrons. The van der Waals surface area contributed by atoms with Gasteiger partial charge >= 0.3 is 0 Å². The van der Waals surface area contributed by atoms with Crippen LogP contribution in [-0.4, -0.2) is 42.0 Å². The van der Waals surface area contributed by atoms with Crippen LogP contribution >= 0.6 is 0 Å². The van der Waals surface area contributed by atoms with Crippen molar-refractivity contribution in [2.24, 2.45) is 34.0 Å². The molecule has 4 bridgehead atoms. The van der Waals surface area contributed by atoms with Crippen LogP contribution in [0.25, 0.3) is 0 Å². The molecule has 2 saturated heterocycles. The van der Waals surface area contributed by atoms with E-state index in [9.17, 15) is 5.11 Å². The van der Waals surface area contributed by atoms with E-state index in [-0.39, 0.29) is 11.5 Å². The van der Waals surface area contributed by atoms with Gasteiger partial charge in [0.25, 0.3) is 0 Å². The van der Waals surface area contributed by atoms with Crippen molar-refractivity contribution in [2.45, 2.75) is 70.6 Å². The van der Waals surface area contributed by atoms with Crippen LogP contribution in [0.1, 0.15) is 58.3 Å². The lowest BCUT2D eigenvalue weighted by Gasteiger charge is -2.73. The molecule has 25 heavy (non-hydrogen) atoms. The third-order valence-corrected chi connectivity index (χ3v) is 10.1. The Bertz CT molecular complexity index is 634. The van der Waals surface area contributed by atoms with Gasteiger partial charge in [-0.15, -0.1) is 0 Å². The van der Waals surface area contributed by atoms with E-state index in [1.807, 2.05) is 0 Å². The molecule has 2 aliphatic heterocycles. The fraction of sp³-hybridized carbons (Fsp3) is 0.909. The van der Waals surface area contributed by atoms with E-state index in [0.717, 1.165) is 19.1 Å². The van der Waals surface area contributed by atoms with E-state index in [0.29, 0.717) is 28.9 Å². The van der Waals surface area contributed by atoms with E-state index in [1.165, 1.54) is 63.5 Å². The van der Waals surface area contributed by atoms with Crippen molar-refractivity contribution in [2.75, 3.05) is 19.7 Å². The van der Waals surface area contributed by atoms with Gasteiger partial charge in [0.15, 0.2) is 0 Å². The van der Waals surface area contributed by atoms with Crippen molar-refractivity contribution < 1.29 is 9.84 Å². The highest BCUT2D eigenvalue weighted by molar-refractivity contribution is 5.28. The molecule has 0 aromatic heterocycles. The normalized spacial score (nSPS) is 60.1. The first-order valence-corrected chi connectivity index (χ1v) is 10.7. The summed E-state index contributed by atoms with van der Waals surface area (Å²) in [4.78, 5) is 2.69. The second-order valence-electron chi connectivity index (χ2n) is 10.6. The summed E-state index contributed by atoms with van der Waals surface area (Å²) in [5.41, 5.74) is 2.07. The second-order valence-corrected chi connectivity index (χ2v) is 10.6. The van der Waals surface area contributed by atoms with Crippen LogP contribution < -0.4 is 0 Å². The molecule has 0 aromatic rings. The monoisotopic (exact) mass is 343 g/mol. The summed E-state index contributed by atoms with van der Waals surface area (Å²) in [6.07, 6.45) is 10.6. The number of hydrogen-bond acceptors (Lipinski definition) is 3. The van der Waals surface area contributed by atoms with Gasteiger partial charge in [0.2, 0.25) is 0 Å². The molecule has 1 N–H and O–H groups in total. The first kappa shape index (κ1) is 15.7. The summed E-state index contributed by atoms with van der Waals surface area (Å²) in [6, 6.07) is 0. The van der Waals surface area contributed by atoms with Crippen LogP contribution in [0.3, 0.4) is 0 Å². The van der Waals surface area contributed by atoms with E-state index in [2.05, 4.69) is 18.4 Å². The zero-order valence-electron chi connectivity index (χ0n) is 15.7. The van der Waals surface area contributed by atoms with Gasteiger partial charge in [-0.3, -0.25) is 4.90 Å². The second kappa shape index (κ2) is 4.72. The Kier molecular flexibility index (Phi) is 2.95. The van der Waals surface area contributed by atoms with Crippen molar-refractivity contribution >= 4 is 0 Å². The van der Waals surface area contributed by atoms with Crippen LogP contribution in [0.15, 0.2) is 12.2 Å². The maximum atomic E-state index is 11.3. The molecule has 0 radical (unpaired) electrons. The molecule has 8 atom stereocenters.